The topological polar surface area (TPSA) is 123 Å². The van der Waals surface area contributed by atoms with Crippen molar-refractivity contribution in [3.63, 3.8) is 0 Å². The predicted octanol–water partition coefficient (Wildman–Crippen LogP) is 2.38. The number of rotatable bonds is 11. The molecule has 3 aromatic heterocycles. The van der Waals surface area contributed by atoms with Crippen molar-refractivity contribution in [1.82, 2.24) is 35.1 Å². The molecule has 3 aromatic rings. The molecule has 10 nitrogen and oxygen atoms in total. The number of pyridine rings is 1. The van der Waals surface area contributed by atoms with E-state index in [1.807, 2.05) is 29.1 Å². The lowest BCUT2D eigenvalue weighted by Gasteiger charge is -2.16. The van der Waals surface area contributed by atoms with Crippen LogP contribution < -0.4 is 10.6 Å². The molecule has 0 saturated heterocycles. The molecule has 32 heavy (non-hydrogen) atoms. The van der Waals surface area contributed by atoms with E-state index in [0.717, 1.165) is 25.9 Å². The monoisotopic (exact) mass is 438 g/mol. The van der Waals surface area contributed by atoms with Gasteiger partial charge in [-0.3, -0.25) is 29.0 Å². The van der Waals surface area contributed by atoms with Crippen molar-refractivity contribution in [2.45, 2.75) is 58.0 Å². The first-order valence-electron chi connectivity index (χ1n) is 11.3. The van der Waals surface area contributed by atoms with Gasteiger partial charge in [0.25, 0.3) is 5.91 Å². The van der Waals surface area contributed by atoms with Gasteiger partial charge in [-0.25, -0.2) is 0 Å². The number of anilines is 1. The van der Waals surface area contributed by atoms with Gasteiger partial charge in [0.05, 0.1) is 18.8 Å². The Morgan fingerprint density at radius 2 is 1.94 bits per heavy atom. The van der Waals surface area contributed by atoms with Crippen LogP contribution in [0, 0.1) is 5.92 Å². The van der Waals surface area contributed by atoms with Crippen molar-refractivity contribution < 1.29 is 9.59 Å². The Balaban J connectivity index is 1.10. The van der Waals surface area contributed by atoms with E-state index in [1.54, 1.807) is 17.1 Å². The number of aromatic nitrogens is 6. The van der Waals surface area contributed by atoms with Crippen LogP contribution >= 0.6 is 0 Å². The van der Waals surface area contributed by atoms with E-state index in [4.69, 9.17) is 0 Å². The second-order valence-corrected chi connectivity index (χ2v) is 8.33. The van der Waals surface area contributed by atoms with Gasteiger partial charge in [-0.15, -0.1) is 5.10 Å². The number of carbonyl (C=O) groups is 2. The predicted molar refractivity (Wildman–Crippen MR) is 119 cm³/mol. The van der Waals surface area contributed by atoms with Gasteiger partial charge in [0.1, 0.15) is 5.69 Å². The number of unbranched alkanes of at least 4 members (excludes halogenated alkanes) is 1. The third-order valence-electron chi connectivity index (χ3n) is 5.73. The Morgan fingerprint density at radius 3 is 2.72 bits per heavy atom. The zero-order valence-corrected chi connectivity index (χ0v) is 18.2. The van der Waals surface area contributed by atoms with Crippen molar-refractivity contribution >= 4 is 17.6 Å². The molecule has 2 amide bonds. The van der Waals surface area contributed by atoms with Gasteiger partial charge in [0.15, 0.2) is 5.82 Å². The van der Waals surface area contributed by atoms with E-state index in [2.05, 4.69) is 31.0 Å². The minimum Gasteiger partial charge on any atom is -0.350 e. The van der Waals surface area contributed by atoms with Gasteiger partial charge < -0.3 is 10.6 Å². The Bertz CT molecular complexity index is 988. The molecule has 170 valence electrons. The second kappa shape index (κ2) is 10.7. The maximum Gasteiger partial charge on any atom is 0.270 e. The highest BCUT2D eigenvalue weighted by Gasteiger charge is 2.17. The Kier molecular flexibility index (Phi) is 7.31. The van der Waals surface area contributed by atoms with Crippen LogP contribution in [-0.4, -0.2) is 48.1 Å². The molecule has 0 atom stereocenters. The smallest absolute Gasteiger partial charge is 0.270 e. The average molecular weight is 439 g/mol. The quantitative estimate of drug-likeness (QED) is 0.397. The maximum atomic E-state index is 12.1. The highest BCUT2D eigenvalue weighted by molar-refractivity contribution is 5.92. The van der Waals surface area contributed by atoms with Crippen LogP contribution in [0.25, 0.3) is 0 Å². The molecule has 0 aliphatic heterocycles. The highest BCUT2D eigenvalue weighted by Crippen LogP contribution is 2.23. The van der Waals surface area contributed by atoms with Gasteiger partial charge in [0.2, 0.25) is 5.91 Å². The van der Waals surface area contributed by atoms with Gasteiger partial charge in [0, 0.05) is 31.5 Å². The first kappa shape index (κ1) is 21.8. The van der Waals surface area contributed by atoms with Crippen LogP contribution in [0.3, 0.4) is 0 Å². The van der Waals surface area contributed by atoms with Crippen LogP contribution in [0.4, 0.5) is 5.82 Å². The average Bonchev–Trinajstić information content (AvgIpc) is 3.43. The van der Waals surface area contributed by atoms with Crippen LogP contribution in [0.5, 0.6) is 0 Å². The van der Waals surface area contributed by atoms with Gasteiger partial charge in [-0.2, -0.15) is 0 Å². The lowest BCUT2D eigenvalue weighted by Crippen LogP contribution is -2.32. The van der Waals surface area contributed by atoms with Crippen molar-refractivity contribution in [2.24, 2.45) is 5.92 Å². The third-order valence-corrected chi connectivity index (χ3v) is 5.73. The van der Waals surface area contributed by atoms with E-state index < -0.39 is 0 Å². The largest absolute Gasteiger partial charge is 0.350 e. The molecule has 0 radical (unpaired) electrons. The van der Waals surface area contributed by atoms with Crippen molar-refractivity contribution in [3.8, 4) is 0 Å². The summed E-state index contributed by atoms with van der Waals surface area (Å²) in [5, 5.41) is 16.9. The zero-order chi connectivity index (χ0) is 22.2. The molecule has 0 aromatic carbocycles. The van der Waals surface area contributed by atoms with E-state index in [-0.39, 0.29) is 18.2 Å². The molecule has 1 aliphatic rings. The van der Waals surface area contributed by atoms with Crippen LogP contribution in [-0.2, 0) is 24.3 Å². The number of hydrogen-bond acceptors (Lipinski definition) is 5. The summed E-state index contributed by atoms with van der Waals surface area (Å²) in [5.74, 6) is 0.886. The molecule has 1 aliphatic carbocycles. The van der Waals surface area contributed by atoms with Crippen molar-refractivity contribution in [1.29, 1.82) is 0 Å². The Hall–Kier alpha value is -3.43. The van der Waals surface area contributed by atoms with E-state index in [0.29, 0.717) is 29.7 Å². The van der Waals surface area contributed by atoms with E-state index in [9.17, 15) is 9.59 Å². The van der Waals surface area contributed by atoms with Crippen molar-refractivity contribution in [2.75, 3.05) is 11.9 Å². The Labute approximate surface area is 186 Å². The standard InChI is InChI=1S/C22H30N8O2/c31-21(13-18-9-3-4-10-23-18)25-20-16-30(28-26-20)12-6-5-11-29-15-19(27-29)22(32)24-14-17-7-1-2-8-17/h3-4,9-10,15-17,27H,1-2,5-8,11-14H2,(H,24,32)(H,25,31). The molecule has 1 saturated carbocycles. The highest BCUT2D eigenvalue weighted by atomic mass is 16.2. The number of aromatic amines is 1. The fourth-order valence-electron chi connectivity index (χ4n) is 3.96. The summed E-state index contributed by atoms with van der Waals surface area (Å²) in [6.45, 7) is 2.29. The first-order chi connectivity index (χ1) is 15.7. The van der Waals surface area contributed by atoms with Gasteiger partial charge >= 0.3 is 0 Å². The SMILES string of the molecule is O=C(Cc1ccccn1)Nc1cn(CCCCn2cc(C(=O)NCC3CCCC3)[nH]2)nn1. The summed E-state index contributed by atoms with van der Waals surface area (Å²) in [6, 6.07) is 5.48. The van der Waals surface area contributed by atoms with Crippen LogP contribution in [0.2, 0.25) is 0 Å². The molecule has 3 N–H and O–H groups in total. The van der Waals surface area contributed by atoms with Crippen LogP contribution in [0.15, 0.2) is 36.8 Å². The van der Waals surface area contributed by atoms with Gasteiger partial charge in [-0.1, -0.05) is 24.1 Å². The molecule has 4 rings (SSSR count). The number of hydrogen-bond donors (Lipinski definition) is 3. The molecule has 0 bridgehead atoms. The zero-order valence-electron chi connectivity index (χ0n) is 18.2. The normalized spacial score (nSPS) is 14.0. The number of H-pyrrole nitrogens is 1. The molecule has 10 heteroatoms. The minimum absolute atomic E-state index is 0.0200. The molecule has 3 heterocycles. The summed E-state index contributed by atoms with van der Waals surface area (Å²) in [7, 11) is 0. The van der Waals surface area contributed by atoms with Crippen LogP contribution in [0.1, 0.15) is 54.7 Å². The first-order valence-corrected chi connectivity index (χ1v) is 11.3. The number of amides is 2. The molecular formula is C22H30N8O2. The van der Waals surface area contributed by atoms with E-state index >= 15 is 0 Å². The molecule has 1 fully saturated rings. The fourth-order valence-corrected chi connectivity index (χ4v) is 3.96. The van der Waals surface area contributed by atoms with Gasteiger partial charge in [-0.05, 0) is 43.7 Å². The molecule has 0 spiro atoms. The summed E-state index contributed by atoms with van der Waals surface area (Å²) in [4.78, 5) is 28.3. The lowest BCUT2D eigenvalue weighted by molar-refractivity contribution is -0.115. The number of nitrogens with one attached hydrogen (secondary N) is 3. The summed E-state index contributed by atoms with van der Waals surface area (Å²) in [5.41, 5.74) is 1.34. The lowest BCUT2D eigenvalue weighted by atomic mass is 10.1. The minimum atomic E-state index is -0.172. The Morgan fingerprint density at radius 1 is 1.12 bits per heavy atom. The second-order valence-electron chi connectivity index (χ2n) is 8.33. The number of carbonyl (C=O) groups excluding carboxylic acids is 2. The van der Waals surface area contributed by atoms with E-state index in [1.165, 1.54) is 25.7 Å². The number of aryl methyl sites for hydroxylation is 2. The number of nitrogens with zero attached hydrogens (tertiary/aromatic N) is 5. The summed E-state index contributed by atoms with van der Waals surface area (Å²) in [6.07, 6.45) is 12.3. The maximum absolute atomic E-state index is 12.1. The third kappa shape index (κ3) is 6.29. The molecule has 0 unspecified atom stereocenters. The summed E-state index contributed by atoms with van der Waals surface area (Å²) < 4.78 is 3.65. The summed E-state index contributed by atoms with van der Waals surface area (Å²) >= 11 is 0. The fraction of sp³-hybridized carbons (Fsp3) is 0.500. The molecular weight excluding hydrogens is 408 g/mol. The van der Waals surface area contributed by atoms with Crippen molar-refractivity contribution in [3.05, 3.63) is 48.2 Å².